The standard InChI is InChI=1S/C24H25N3O5/c1-14(26-11-15-6-2-3-7-17(15)24(26)31)23(30)27-12-16(28)10-20(27)22(29)25-19-13-32-21-9-5-4-8-18(19)21/h2-9,14,16,19-20,28H,10-13H2,1H3,(H,25,29)/t14?,16-,19?,20+/m1/s1. The highest BCUT2D eigenvalue weighted by molar-refractivity contribution is 6.01. The van der Waals surface area contributed by atoms with Gasteiger partial charge in [0.1, 0.15) is 24.4 Å². The molecule has 5 rings (SSSR count). The van der Waals surface area contributed by atoms with Gasteiger partial charge in [-0.25, -0.2) is 0 Å². The number of aliphatic hydroxyl groups excluding tert-OH is 1. The molecule has 3 aliphatic rings. The normalized spacial score (nSPS) is 24.7. The predicted molar refractivity (Wildman–Crippen MR) is 115 cm³/mol. The van der Waals surface area contributed by atoms with Gasteiger partial charge >= 0.3 is 0 Å². The summed E-state index contributed by atoms with van der Waals surface area (Å²) in [6.45, 7) is 2.41. The first-order valence-corrected chi connectivity index (χ1v) is 10.8. The smallest absolute Gasteiger partial charge is 0.255 e. The minimum atomic E-state index is -0.798. The van der Waals surface area contributed by atoms with Crippen molar-refractivity contribution in [3.8, 4) is 5.75 Å². The van der Waals surface area contributed by atoms with Gasteiger partial charge in [-0.15, -0.1) is 0 Å². The van der Waals surface area contributed by atoms with Crippen molar-refractivity contribution < 1.29 is 24.2 Å². The molecule has 32 heavy (non-hydrogen) atoms. The van der Waals surface area contributed by atoms with E-state index >= 15 is 0 Å². The molecule has 8 nitrogen and oxygen atoms in total. The summed E-state index contributed by atoms with van der Waals surface area (Å²) in [5.41, 5.74) is 2.38. The molecule has 0 radical (unpaired) electrons. The summed E-state index contributed by atoms with van der Waals surface area (Å²) in [6.07, 6.45) is -0.631. The maximum atomic E-state index is 13.3. The number of para-hydroxylation sites is 1. The number of likely N-dealkylation sites (tertiary alicyclic amines) is 1. The van der Waals surface area contributed by atoms with E-state index in [1.165, 1.54) is 9.80 Å². The summed E-state index contributed by atoms with van der Waals surface area (Å²) in [6, 6.07) is 13.0. The molecule has 0 saturated carbocycles. The van der Waals surface area contributed by atoms with E-state index in [2.05, 4.69) is 5.32 Å². The first kappa shape index (κ1) is 20.5. The van der Waals surface area contributed by atoms with E-state index in [1.54, 1.807) is 19.1 Å². The summed E-state index contributed by atoms with van der Waals surface area (Å²) in [7, 11) is 0. The van der Waals surface area contributed by atoms with Crippen molar-refractivity contribution in [3.63, 3.8) is 0 Å². The van der Waals surface area contributed by atoms with Crippen LogP contribution in [-0.4, -0.2) is 64.0 Å². The molecule has 3 amide bonds. The number of carbonyl (C=O) groups is 3. The van der Waals surface area contributed by atoms with E-state index in [4.69, 9.17) is 4.74 Å². The SMILES string of the molecule is CC(C(=O)N1C[C@H](O)C[C@H]1C(=O)NC1COc2ccccc21)N1Cc2ccccc2C1=O. The molecule has 0 aromatic heterocycles. The summed E-state index contributed by atoms with van der Waals surface area (Å²) >= 11 is 0. The molecule has 3 heterocycles. The van der Waals surface area contributed by atoms with Crippen molar-refractivity contribution in [3.05, 3.63) is 65.2 Å². The van der Waals surface area contributed by atoms with Crippen molar-refractivity contribution in [1.82, 2.24) is 15.1 Å². The van der Waals surface area contributed by atoms with E-state index in [0.29, 0.717) is 18.7 Å². The second-order valence-corrected chi connectivity index (χ2v) is 8.57. The van der Waals surface area contributed by atoms with Gasteiger partial charge in [0, 0.05) is 30.6 Å². The van der Waals surface area contributed by atoms with E-state index in [9.17, 15) is 19.5 Å². The molecule has 1 saturated heterocycles. The van der Waals surface area contributed by atoms with Gasteiger partial charge in [-0.2, -0.15) is 0 Å². The fraction of sp³-hybridized carbons (Fsp3) is 0.375. The molecule has 2 aromatic carbocycles. The third kappa shape index (κ3) is 3.40. The average Bonchev–Trinajstić information content (AvgIpc) is 3.49. The van der Waals surface area contributed by atoms with Gasteiger partial charge in [-0.1, -0.05) is 36.4 Å². The van der Waals surface area contributed by atoms with Gasteiger partial charge in [0.15, 0.2) is 0 Å². The lowest BCUT2D eigenvalue weighted by Gasteiger charge is -2.31. The van der Waals surface area contributed by atoms with Crippen molar-refractivity contribution in [2.45, 2.75) is 44.1 Å². The van der Waals surface area contributed by atoms with Gasteiger partial charge < -0.3 is 25.0 Å². The lowest BCUT2D eigenvalue weighted by Crippen LogP contribution is -2.53. The Morgan fingerprint density at radius 2 is 1.91 bits per heavy atom. The molecule has 2 unspecified atom stereocenters. The summed E-state index contributed by atoms with van der Waals surface area (Å²) in [5, 5.41) is 13.2. The Balaban J connectivity index is 1.30. The molecule has 0 spiro atoms. The van der Waals surface area contributed by atoms with Crippen LogP contribution in [0.3, 0.4) is 0 Å². The minimum Gasteiger partial charge on any atom is -0.491 e. The van der Waals surface area contributed by atoms with Crippen LogP contribution in [0.25, 0.3) is 0 Å². The highest BCUT2D eigenvalue weighted by Gasteiger charge is 2.44. The average molecular weight is 435 g/mol. The molecule has 166 valence electrons. The van der Waals surface area contributed by atoms with Crippen LogP contribution in [0.5, 0.6) is 5.75 Å². The number of amides is 3. The van der Waals surface area contributed by atoms with Crippen LogP contribution >= 0.6 is 0 Å². The van der Waals surface area contributed by atoms with Crippen molar-refractivity contribution in [2.24, 2.45) is 0 Å². The molecule has 0 bridgehead atoms. The Morgan fingerprint density at radius 1 is 1.16 bits per heavy atom. The van der Waals surface area contributed by atoms with Gasteiger partial charge in [-0.3, -0.25) is 14.4 Å². The summed E-state index contributed by atoms with van der Waals surface area (Å²) in [5.74, 6) is -0.130. The number of carbonyl (C=O) groups excluding carboxylic acids is 3. The quantitative estimate of drug-likeness (QED) is 0.753. The first-order chi connectivity index (χ1) is 15.4. The molecule has 1 fully saturated rings. The highest BCUT2D eigenvalue weighted by atomic mass is 16.5. The van der Waals surface area contributed by atoms with Crippen LogP contribution < -0.4 is 10.1 Å². The maximum absolute atomic E-state index is 13.3. The number of hydrogen-bond donors (Lipinski definition) is 2. The van der Waals surface area contributed by atoms with Gasteiger partial charge in [0.05, 0.1) is 12.1 Å². The van der Waals surface area contributed by atoms with E-state index in [0.717, 1.165) is 16.9 Å². The Kier molecular flexibility index (Phi) is 5.09. The number of nitrogens with zero attached hydrogens (tertiary/aromatic N) is 2. The van der Waals surface area contributed by atoms with E-state index < -0.39 is 18.2 Å². The molecule has 2 aromatic rings. The molecular weight excluding hydrogens is 410 g/mol. The number of fused-ring (bicyclic) bond motifs is 2. The van der Waals surface area contributed by atoms with E-state index in [-0.39, 0.29) is 36.7 Å². The Morgan fingerprint density at radius 3 is 2.72 bits per heavy atom. The zero-order valence-corrected chi connectivity index (χ0v) is 17.7. The second-order valence-electron chi connectivity index (χ2n) is 8.57. The molecule has 3 aliphatic heterocycles. The predicted octanol–water partition coefficient (Wildman–Crippen LogP) is 1.24. The maximum Gasteiger partial charge on any atom is 0.255 e. The summed E-state index contributed by atoms with van der Waals surface area (Å²) < 4.78 is 5.63. The third-order valence-corrected chi connectivity index (χ3v) is 6.56. The zero-order valence-electron chi connectivity index (χ0n) is 17.7. The monoisotopic (exact) mass is 435 g/mol. The highest BCUT2D eigenvalue weighted by Crippen LogP contribution is 2.32. The van der Waals surface area contributed by atoms with Crippen LogP contribution in [-0.2, 0) is 16.1 Å². The molecule has 0 aliphatic carbocycles. The molecule has 8 heteroatoms. The number of nitrogens with one attached hydrogen (secondary N) is 1. The minimum absolute atomic E-state index is 0.0635. The topological polar surface area (TPSA) is 99.2 Å². The lowest BCUT2D eigenvalue weighted by atomic mass is 10.1. The fourth-order valence-corrected chi connectivity index (χ4v) is 4.82. The summed E-state index contributed by atoms with van der Waals surface area (Å²) in [4.78, 5) is 42.2. The first-order valence-electron chi connectivity index (χ1n) is 10.8. The van der Waals surface area contributed by atoms with Crippen molar-refractivity contribution in [2.75, 3.05) is 13.2 Å². The number of ether oxygens (including phenoxy) is 1. The Bertz CT molecular complexity index is 1090. The van der Waals surface area contributed by atoms with Gasteiger partial charge in [0.25, 0.3) is 5.91 Å². The number of benzene rings is 2. The number of β-amino-alcohol motifs (C(OH)–C–C–N with tert-alkyl or cyclic N) is 1. The van der Waals surface area contributed by atoms with E-state index in [1.807, 2.05) is 36.4 Å². The van der Waals surface area contributed by atoms with Crippen LogP contribution in [0.1, 0.15) is 40.9 Å². The Hall–Kier alpha value is -3.39. The Labute approximate surface area is 185 Å². The number of aliphatic hydroxyl groups is 1. The third-order valence-electron chi connectivity index (χ3n) is 6.56. The molecular formula is C24H25N3O5. The van der Waals surface area contributed by atoms with Gasteiger partial charge in [0.2, 0.25) is 11.8 Å². The largest absolute Gasteiger partial charge is 0.491 e. The zero-order chi connectivity index (χ0) is 22.4. The molecule has 4 atom stereocenters. The lowest BCUT2D eigenvalue weighted by molar-refractivity contribution is -0.142. The van der Waals surface area contributed by atoms with Crippen LogP contribution in [0.15, 0.2) is 48.5 Å². The second kappa shape index (κ2) is 7.94. The number of rotatable bonds is 4. The van der Waals surface area contributed by atoms with Crippen LogP contribution in [0.4, 0.5) is 0 Å². The fourth-order valence-electron chi connectivity index (χ4n) is 4.82. The number of hydrogen-bond acceptors (Lipinski definition) is 5. The van der Waals surface area contributed by atoms with Crippen LogP contribution in [0.2, 0.25) is 0 Å². The van der Waals surface area contributed by atoms with Crippen molar-refractivity contribution >= 4 is 17.7 Å². The van der Waals surface area contributed by atoms with Crippen molar-refractivity contribution in [1.29, 1.82) is 0 Å². The van der Waals surface area contributed by atoms with Crippen LogP contribution in [0, 0.1) is 0 Å². The molecule has 2 N–H and O–H groups in total. The van der Waals surface area contributed by atoms with Gasteiger partial charge in [-0.05, 0) is 24.6 Å².